The smallest absolute Gasteiger partial charge is 0.115 e. The highest BCUT2D eigenvalue weighted by atomic mass is 16.5. The van der Waals surface area contributed by atoms with Crippen molar-refractivity contribution < 1.29 is 9.84 Å². The maximum atomic E-state index is 9.45. The van der Waals surface area contributed by atoms with Crippen LogP contribution in [0.3, 0.4) is 0 Å². The number of aryl methyl sites for hydroxylation is 1. The monoisotopic (exact) mass is 268 g/mol. The predicted octanol–water partition coefficient (Wildman–Crippen LogP) is 4.74. The normalized spacial score (nSPS) is 17.2. The minimum absolute atomic E-state index is 0.207. The van der Waals surface area contributed by atoms with Crippen LogP contribution in [0.1, 0.15) is 42.6 Å². The Kier molecular flexibility index (Phi) is 3.49. The van der Waals surface area contributed by atoms with Crippen molar-refractivity contribution in [1.82, 2.24) is 0 Å². The van der Waals surface area contributed by atoms with Crippen LogP contribution in [0.15, 0.2) is 36.4 Å². The Morgan fingerprint density at radius 1 is 1.15 bits per heavy atom. The van der Waals surface area contributed by atoms with E-state index in [0.717, 1.165) is 25.0 Å². The van der Waals surface area contributed by atoms with E-state index in [9.17, 15) is 5.11 Å². The Hall–Kier alpha value is -1.80. The van der Waals surface area contributed by atoms with E-state index >= 15 is 0 Å². The molecule has 3 rings (SSSR count). The van der Waals surface area contributed by atoms with E-state index < -0.39 is 0 Å². The second kappa shape index (κ2) is 5.29. The van der Waals surface area contributed by atoms with Crippen molar-refractivity contribution in [1.29, 1.82) is 0 Å². The number of hydrogen-bond donors (Lipinski definition) is 1. The number of fused-ring (bicyclic) bond motifs is 1. The molecule has 104 valence electrons. The number of benzene rings is 2. The lowest BCUT2D eigenvalue weighted by molar-refractivity contribution is 0.0597. The highest BCUT2D eigenvalue weighted by molar-refractivity contribution is 5.71. The fourth-order valence-corrected chi connectivity index (χ4v) is 2.98. The van der Waals surface area contributed by atoms with Gasteiger partial charge in [-0.05, 0) is 53.3 Å². The minimum atomic E-state index is 0.207. The third-order valence-electron chi connectivity index (χ3n) is 4.07. The summed E-state index contributed by atoms with van der Waals surface area (Å²) in [6.45, 7) is 5.06. The molecule has 1 heterocycles. The lowest BCUT2D eigenvalue weighted by Crippen LogP contribution is -1.98. The zero-order valence-electron chi connectivity index (χ0n) is 12.0. The van der Waals surface area contributed by atoms with E-state index in [1.165, 1.54) is 22.3 Å². The number of hydrogen-bond acceptors (Lipinski definition) is 2. The molecule has 2 heteroatoms. The molecule has 1 atom stereocenters. The van der Waals surface area contributed by atoms with Gasteiger partial charge in [0, 0.05) is 0 Å². The number of ether oxygens (including phenoxy) is 1. The second-order valence-corrected chi connectivity index (χ2v) is 5.46. The van der Waals surface area contributed by atoms with Gasteiger partial charge >= 0.3 is 0 Å². The molecular formula is C18H20O2. The summed E-state index contributed by atoms with van der Waals surface area (Å²) in [6.07, 6.45) is 2.38. The summed E-state index contributed by atoms with van der Waals surface area (Å²) in [5.41, 5.74) is 6.37. The number of rotatable bonds is 3. The average Bonchev–Trinajstić information content (AvgIpc) is 2.86. The van der Waals surface area contributed by atoms with E-state index in [0.29, 0.717) is 5.75 Å². The molecule has 1 unspecified atom stereocenters. The number of aromatic hydroxyl groups is 1. The summed E-state index contributed by atoms with van der Waals surface area (Å²) in [7, 11) is 0. The van der Waals surface area contributed by atoms with Crippen LogP contribution in [0, 0.1) is 6.92 Å². The molecule has 20 heavy (non-hydrogen) atoms. The van der Waals surface area contributed by atoms with Crippen LogP contribution >= 0.6 is 0 Å². The molecule has 0 radical (unpaired) electrons. The zero-order valence-corrected chi connectivity index (χ0v) is 12.0. The van der Waals surface area contributed by atoms with Crippen LogP contribution in [0.2, 0.25) is 0 Å². The summed E-state index contributed by atoms with van der Waals surface area (Å²) in [5.74, 6) is 0.305. The van der Waals surface area contributed by atoms with Gasteiger partial charge < -0.3 is 9.84 Å². The zero-order chi connectivity index (χ0) is 14.1. The first-order valence-corrected chi connectivity index (χ1v) is 7.24. The van der Waals surface area contributed by atoms with Crippen molar-refractivity contribution in [2.24, 2.45) is 0 Å². The fraction of sp³-hybridized carbons (Fsp3) is 0.333. The molecule has 0 amide bonds. The third-order valence-corrected chi connectivity index (χ3v) is 4.07. The van der Waals surface area contributed by atoms with Crippen LogP contribution in [0.4, 0.5) is 0 Å². The Morgan fingerprint density at radius 3 is 2.60 bits per heavy atom. The first-order chi connectivity index (χ1) is 9.70. The largest absolute Gasteiger partial charge is 0.508 e. The van der Waals surface area contributed by atoms with Gasteiger partial charge in [0.1, 0.15) is 5.75 Å². The van der Waals surface area contributed by atoms with Gasteiger partial charge in [0.2, 0.25) is 0 Å². The Morgan fingerprint density at radius 2 is 1.90 bits per heavy atom. The minimum Gasteiger partial charge on any atom is -0.508 e. The van der Waals surface area contributed by atoms with Crippen molar-refractivity contribution >= 4 is 0 Å². The molecule has 0 saturated carbocycles. The first-order valence-electron chi connectivity index (χ1n) is 7.24. The SMILES string of the molecule is CCCC1OCc2c(C)ccc(-c3ccc(O)cc3)c21. The second-order valence-electron chi connectivity index (χ2n) is 5.46. The quantitative estimate of drug-likeness (QED) is 0.871. The maximum Gasteiger partial charge on any atom is 0.115 e. The van der Waals surface area contributed by atoms with Gasteiger partial charge in [0.05, 0.1) is 12.7 Å². The van der Waals surface area contributed by atoms with Crippen molar-refractivity contribution in [2.75, 3.05) is 0 Å². The predicted molar refractivity (Wildman–Crippen MR) is 80.7 cm³/mol. The Bertz CT molecular complexity index is 614. The standard InChI is InChI=1S/C18H20O2/c1-3-4-17-18-15(13-6-8-14(19)9-7-13)10-5-12(2)16(18)11-20-17/h5-10,17,19H,3-4,11H2,1-2H3. The van der Waals surface area contributed by atoms with Gasteiger partial charge in [-0.1, -0.05) is 37.6 Å². The molecule has 1 aliphatic heterocycles. The highest BCUT2D eigenvalue weighted by Crippen LogP contribution is 2.42. The molecule has 1 N–H and O–H groups in total. The van der Waals surface area contributed by atoms with Gasteiger partial charge in [-0.3, -0.25) is 0 Å². The van der Waals surface area contributed by atoms with E-state index in [1.807, 2.05) is 12.1 Å². The van der Waals surface area contributed by atoms with Gasteiger partial charge in [0.15, 0.2) is 0 Å². The van der Waals surface area contributed by atoms with E-state index in [2.05, 4.69) is 26.0 Å². The molecule has 0 saturated heterocycles. The van der Waals surface area contributed by atoms with Crippen LogP contribution in [-0.2, 0) is 11.3 Å². The van der Waals surface area contributed by atoms with Gasteiger partial charge in [-0.15, -0.1) is 0 Å². The van der Waals surface area contributed by atoms with Gasteiger partial charge in [-0.25, -0.2) is 0 Å². The molecule has 2 aromatic carbocycles. The molecule has 0 fully saturated rings. The van der Waals surface area contributed by atoms with Crippen LogP contribution in [-0.4, -0.2) is 5.11 Å². The Balaban J connectivity index is 2.12. The third kappa shape index (κ3) is 2.20. The van der Waals surface area contributed by atoms with Crippen molar-refractivity contribution in [2.45, 2.75) is 39.4 Å². The van der Waals surface area contributed by atoms with Crippen molar-refractivity contribution in [3.63, 3.8) is 0 Å². The molecule has 1 aliphatic rings. The van der Waals surface area contributed by atoms with Crippen LogP contribution in [0.25, 0.3) is 11.1 Å². The number of phenols is 1. The maximum absolute atomic E-state index is 9.45. The summed E-state index contributed by atoms with van der Waals surface area (Å²) in [5, 5.41) is 9.45. The highest BCUT2D eigenvalue weighted by Gasteiger charge is 2.27. The summed E-state index contributed by atoms with van der Waals surface area (Å²) < 4.78 is 5.98. The van der Waals surface area contributed by atoms with Crippen LogP contribution in [0.5, 0.6) is 5.75 Å². The lowest BCUT2D eigenvalue weighted by atomic mass is 9.90. The van der Waals surface area contributed by atoms with E-state index in [1.54, 1.807) is 12.1 Å². The summed E-state index contributed by atoms with van der Waals surface area (Å²) in [6, 6.07) is 11.8. The topological polar surface area (TPSA) is 29.5 Å². The first kappa shape index (κ1) is 13.2. The summed E-state index contributed by atoms with van der Waals surface area (Å²) >= 11 is 0. The lowest BCUT2D eigenvalue weighted by Gasteiger charge is -2.15. The molecule has 0 bridgehead atoms. The number of phenolic OH excluding ortho intramolecular Hbond substituents is 1. The molecule has 0 aromatic heterocycles. The molecule has 0 aliphatic carbocycles. The van der Waals surface area contributed by atoms with Gasteiger partial charge in [-0.2, -0.15) is 0 Å². The average molecular weight is 268 g/mol. The molecule has 2 nitrogen and oxygen atoms in total. The van der Waals surface area contributed by atoms with Crippen molar-refractivity contribution in [3.05, 3.63) is 53.1 Å². The van der Waals surface area contributed by atoms with Crippen LogP contribution < -0.4 is 0 Å². The summed E-state index contributed by atoms with van der Waals surface area (Å²) in [4.78, 5) is 0. The van der Waals surface area contributed by atoms with E-state index in [4.69, 9.17) is 4.74 Å². The molecule has 0 spiro atoms. The van der Waals surface area contributed by atoms with Crippen molar-refractivity contribution in [3.8, 4) is 16.9 Å². The van der Waals surface area contributed by atoms with E-state index in [-0.39, 0.29) is 6.10 Å². The molecule has 2 aromatic rings. The molecular weight excluding hydrogens is 248 g/mol. The Labute approximate surface area is 120 Å². The fourth-order valence-electron chi connectivity index (χ4n) is 2.98. The van der Waals surface area contributed by atoms with Gasteiger partial charge in [0.25, 0.3) is 0 Å².